The van der Waals surface area contributed by atoms with Crippen LogP contribution in [0.25, 0.3) is 0 Å². The molecule has 20 heavy (non-hydrogen) atoms. The summed E-state index contributed by atoms with van der Waals surface area (Å²) in [6.07, 6.45) is 7.17. The highest BCUT2D eigenvalue weighted by molar-refractivity contribution is 5.55. The second-order valence-electron chi connectivity index (χ2n) is 4.32. The first-order chi connectivity index (χ1) is 9.93. The molecule has 0 fully saturated rings. The van der Waals surface area contributed by atoms with Crippen LogP contribution in [-0.2, 0) is 6.54 Å². The smallest absolute Gasteiger partial charge is 0.134 e. The lowest BCUT2D eigenvalue weighted by Gasteiger charge is -2.22. The van der Waals surface area contributed by atoms with Gasteiger partial charge in [-0.1, -0.05) is 12.1 Å². The Morgan fingerprint density at radius 1 is 0.700 bits per heavy atom. The zero-order valence-electron chi connectivity index (χ0n) is 10.9. The highest BCUT2D eigenvalue weighted by atomic mass is 15.2. The topological polar surface area (TPSA) is 41.9 Å². The molecule has 0 atom stereocenters. The fourth-order valence-corrected chi connectivity index (χ4v) is 1.98. The largest absolute Gasteiger partial charge is 0.307 e. The van der Waals surface area contributed by atoms with Gasteiger partial charge in [-0.3, -0.25) is 4.98 Å². The molecule has 0 aliphatic rings. The Hall–Kier alpha value is -2.75. The molecule has 0 amide bonds. The molecule has 4 nitrogen and oxygen atoms in total. The molecule has 3 aromatic heterocycles. The Bertz CT molecular complexity index is 602. The summed E-state index contributed by atoms with van der Waals surface area (Å²) in [7, 11) is 0. The SMILES string of the molecule is c1ccc(N(Cc2ccncc2)c2ccccn2)nc1. The summed E-state index contributed by atoms with van der Waals surface area (Å²) in [6.45, 7) is 0.705. The number of hydrogen-bond donors (Lipinski definition) is 0. The van der Waals surface area contributed by atoms with Crippen molar-refractivity contribution in [2.45, 2.75) is 6.54 Å². The first-order valence-corrected chi connectivity index (χ1v) is 6.42. The Morgan fingerprint density at radius 3 is 1.80 bits per heavy atom. The predicted octanol–water partition coefficient (Wildman–Crippen LogP) is 3.21. The minimum absolute atomic E-state index is 0.705. The Balaban J connectivity index is 1.96. The predicted molar refractivity (Wildman–Crippen MR) is 78.6 cm³/mol. The molecule has 4 heteroatoms. The van der Waals surface area contributed by atoms with Crippen LogP contribution in [0.5, 0.6) is 0 Å². The van der Waals surface area contributed by atoms with Crippen LogP contribution in [0, 0.1) is 0 Å². The van der Waals surface area contributed by atoms with Gasteiger partial charge in [-0.05, 0) is 42.0 Å². The molecule has 0 spiro atoms. The molecule has 3 heterocycles. The standard InChI is InChI=1S/C16H14N4/c1-3-9-18-15(5-1)20(16-6-2-4-10-19-16)13-14-7-11-17-12-8-14/h1-12H,13H2. The normalized spacial score (nSPS) is 10.2. The summed E-state index contributed by atoms with van der Waals surface area (Å²) in [5, 5.41) is 0. The lowest BCUT2D eigenvalue weighted by Crippen LogP contribution is -2.18. The van der Waals surface area contributed by atoms with Crippen LogP contribution >= 0.6 is 0 Å². The summed E-state index contributed by atoms with van der Waals surface area (Å²) in [5.74, 6) is 1.76. The van der Waals surface area contributed by atoms with Gasteiger partial charge in [0, 0.05) is 24.8 Å². The molecule has 0 unspecified atom stereocenters. The molecule has 0 N–H and O–H groups in total. The highest BCUT2D eigenvalue weighted by Crippen LogP contribution is 2.23. The van der Waals surface area contributed by atoms with Crippen molar-refractivity contribution in [1.82, 2.24) is 15.0 Å². The fourth-order valence-electron chi connectivity index (χ4n) is 1.98. The van der Waals surface area contributed by atoms with Crippen molar-refractivity contribution >= 4 is 11.6 Å². The maximum atomic E-state index is 4.42. The summed E-state index contributed by atoms with van der Waals surface area (Å²) >= 11 is 0. The molecule has 0 aliphatic carbocycles. The summed E-state index contributed by atoms with van der Waals surface area (Å²) in [6, 6.07) is 15.7. The zero-order valence-corrected chi connectivity index (χ0v) is 10.9. The quantitative estimate of drug-likeness (QED) is 0.724. The maximum absolute atomic E-state index is 4.42. The van der Waals surface area contributed by atoms with Gasteiger partial charge >= 0.3 is 0 Å². The molecule has 0 saturated carbocycles. The number of nitrogens with zero attached hydrogens (tertiary/aromatic N) is 4. The average Bonchev–Trinajstić information content (AvgIpc) is 2.55. The minimum atomic E-state index is 0.705. The fraction of sp³-hybridized carbons (Fsp3) is 0.0625. The molecular formula is C16H14N4. The first-order valence-electron chi connectivity index (χ1n) is 6.42. The molecule has 98 valence electrons. The first kappa shape index (κ1) is 12.3. The summed E-state index contributed by atoms with van der Waals surface area (Å²) in [4.78, 5) is 15.0. The lowest BCUT2D eigenvalue weighted by atomic mass is 10.2. The highest BCUT2D eigenvalue weighted by Gasteiger charge is 2.11. The molecule has 0 aromatic carbocycles. The maximum Gasteiger partial charge on any atom is 0.134 e. The van der Waals surface area contributed by atoms with Crippen LogP contribution in [0.3, 0.4) is 0 Å². The van der Waals surface area contributed by atoms with Gasteiger partial charge in [0.25, 0.3) is 0 Å². The van der Waals surface area contributed by atoms with E-state index in [0.29, 0.717) is 6.54 Å². The molecule has 0 aliphatic heterocycles. The monoisotopic (exact) mass is 262 g/mol. The van der Waals surface area contributed by atoms with Crippen molar-refractivity contribution in [3.05, 3.63) is 78.9 Å². The van der Waals surface area contributed by atoms with E-state index in [2.05, 4.69) is 19.9 Å². The van der Waals surface area contributed by atoms with Crippen molar-refractivity contribution in [2.24, 2.45) is 0 Å². The van der Waals surface area contributed by atoms with E-state index in [1.807, 2.05) is 48.5 Å². The third-order valence-electron chi connectivity index (χ3n) is 2.94. The van der Waals surface area contributed by atoms with E-state index in [1.54, 1.807) is 24.8 Å². The van der Waals surface area contributed by atoms with Crippen LogP contribution in [0.2, 0.25) is 0 Å². The average molecular weight is 262 g/mol. The van der Waals surface area contributed by atoms with E-state index in [4.69, 9.17) is 0 Å². The lowest BCUT2D eigenvalue weighted by molar-refractivity contribution is 0.920. The van der Waals surface area contributed by atoms with Gasteiger partial charge in [0.05, 0.1) is 6.54 Å². The van der Waals surface area contributed by atoms with Gasteiger partial charge in [0.15, 0.2) is 0 Å². The van der Waals surface area contributed by atoms with Crippen molar-refractivity contribution in [2.75, 3.05) is 4.90 Å². The summed E-state index contributed by atoms with van der Waals surface area (Å²) in [5.41, 5.74) is 1.16. The number of hydrogen-bond acceptors (Lipinski definition) is 4. The van der Waals surface area contributed by atoms with Gasteiger partial charge in [-0.15, -0.1) is 0 Å². The number of anilines is 2. The van der Waals surface area contributed by atoms with Crippen LogP contribution < -0.4 is 4.90 Å². The van der Waals surface area contributed by atoms with Gasteiger partial charge < -0.3 is 4.90 Å². The molecular weight excluding hydrogens is 248 g/mol. The second-order valence-corrected chi connectivity index (χ2v) is 4.32. The third-order valence-corrected chi connectivity index (χ3v) is 2.94. The van der Waals surface area contributed by atoms with E-state index < -0.39 is 0 Å². The van der Waals surface area contributed by atoms with Crippen LogP contribution in [0.15, 0.2) is 73.3 Å². The van der Waals surface area contributed by atoms with Crippen molar-refractivity contribution < 1.29 is 0 Å². The van der Waals surface area contributed by atoms with Crippen LogP contribution in [0.1, 0.15) is 5.56 Å². The number of aromatic nitrogens is 3. The zero-order chi connectivity index (χ0) is 13.6. The summed E-state index contributed by atoms with van der Waals surface area (Å²) < 4.78 is 0. The molecule has 0 bridgehead atoms. The Kier molecular flexibility index (Phi) is 3.64. The van der Waals surface area contributed by atoms with E-state index in [1.165, 1.54) is 0 Å². The van der Waals surface area contributed by atoms with E-state index in [0.717, 1.165) is 17.2 Å². The molecule has 0 saturated heterocycles. The Morgan fingerprint density at radius 2 is 1.30 bits per heavy atom. The van der Waals surface area contributed by atoms with Crippen molar-refractivity contribution in [3.8, 4) is 0 Å². The van der Waals surface area contributed by atoms with Gasteiger partial charge in [0.1, 0.15) is 11.6 Å². The van der Waals surface area contributed by atoms with Crippen molar-refractivity contribution in [1.29, 1.82) is 0 Å². The molecule has 3 aromatic rings. The minimum Gasteiger partial charge on any atom is -0.307 e. The van der Waals surface area contributed by atoms with Crippen molar-refractivity contribution in [3.63, 3.8) is 0 Å². The Labute approximate surface area is 117 Å². The molecule has 3 rings (SSSR count). The van der Waals surface area contributed by atoms with Gasteiger partial charge in [0.2, 0.25) is 0 Å². The van der Waals surface area contributed by atoms with Gasteiger partial charge in [-0.25, -0.2) is 9.97 Å². The van der Waals surface area contributed by atoms with E-state index in [9.17, 15) is 0 Å². The van der Waals surface area contributed by atoms with Gasteiger partial charge in [-0.2, -0.15) is 0 Å². The number of pyridine rings is 3. The van der Waals surface area contributed by atoms with E-state index >= 15 is 0 Å². The van der Waals surface area contributed by atoms with Crippen LogP contribution in [0.4, 0.5) is 11.6 Å². The number of rotatable bonds is 4. The molecule has 0 radical (unpaired) electrons. The third kappa shape index (κ3) is 2.80. The van der Waals surface area contributed by atoms with E-state index in [-0.39, 0.29) is 0 Å². The second kappa shape index (κ2) is 5.93. The van der Waals surface area contributed by atoms with Crippen LogP contribution in [-0.4, -0.2) is 15.0 Å².